The second kappa shape index (κ2) is 4.92. The highest BCUT2D eigenvalue weighted by atomic mass is 79.9. The van der Waals surface area contributed by atoms with E-state index in [4.69, 9.17) is 5.11 Å². The van der Waals surface area contributed by atoms with Gasteiger partial charge in [-0.05, 0) is 23.8 Å². The van der Waals surface area contributed by atoms with Crippen LogP contribution in [0.1, 0.15) is 5.56 Å². The van der Waals surface area contributed by atoms with Crippen molar-refractivity contribution in [1.29, 1.82) is 0 Å². The van der Waals surface area contributed by atoms with E-state index < -0.39 is 33.1 Å². The molecule has 0 radical (unpaired) electrons. The van der Waals surface area contributed by atoms with Crippen molar-refractivity contribution in [2.75, 3.05) is 5.75 Å². The minimum Gasteiger partial charge on any atom is -0.480 e. The van der Waals surface area contributed by atoms with Crippen LogP contribution in [0.2, 0.25) is 0 Å². The van der Waals surface area contributed by atoms with Crippen LogP contribution in [0, 0.1) is 5.82 Å². The summed E-state index contributed by atoms with van der Waals surface area (Å²) in [5, 5.41) is 8.37. The molecule has 0 unspecified atom stereocenters. The van der Waals surface area contributed by atoms with Gasteiger partial charge in [0.05, 0.1) is 5.75 Å². The highest BCUT2D eigenvalue weighted by Gasteiger charge is 2.17. The van der Waals surface area contributed by atoms with E-state index in [0.29, 0.717) is 4.47 Å². The fourth-order valence-electron chi connectivity index (χ4n) is 1.19. The third-order valence-electron chi connectivity index (χ3n) is 1.65. The van der Waals surface area contributed by atoms with E-state index >= 15 is 0 Å². The van der Waals surface area contributed by atoms with Gasteiger partial charge in [-0.1, -0.05) is 15.9 Å². The fourth-order valence-corrected chi connectivity index (χ4v) is 2.85. The van der Waals surface area contributed by atoms with Gasteiger partial charge in [-0.15, -0.1) is 0 Å². The van der Waals surface area contributed by atoms with Gasteiger partial charge in [-0.25, -0.2) is 12.8 Å². The van der Waals surface area contributed by atoms with Crippen LogP contribution in [0.4, 0.5) is 4.39 Å². The van der Waals surface area contributed by atoms with E-state index in [1.165, 1.54) is 12.1 Å². The topological polar surface area (TPSA) is 71.4 Å². The molecule has 0 atom stereocenters. The SMILES string of the molecule is O=C(O)CS(=O)(=O)Cc1cc(F)cc(Br)c1. The standard InChI is InChI=1S/C9H8BrFO4S/c10-7-1-6(2-8(11)3-7)4-16(14,15)5-9(12)13/h1-3H,4-5H2,(H,12,13). The van der Waals surface area contributed by atoms with Gasteiger partial charge >= 0.3 is 5.97 Å². The normalized spacial score (nSPS) is 11.4. The second-order valence-electron chi connectivity index (χ2n) is 3.20. The van der Waals surface area contributed by atoms with E-state index in [9.17, 15) is 17.6 Å². The number of hydrogen-bond acceptors (Lipinski definition) is 3. The fraction of sp³-hybridized carbons (Fsp3) is 0.222. The molecule has 0 aliphatic carbocycles. The predicted molar refractivity (Wildman–Crippen MR) is 59.2 cm³/mol. The van der Waals surface area contributed by atoms with Crippen molar-refractivity contribution >= 4 is 31.7 Å². The molecular formula is C9H8BrFO4S. The minimum atomic E-state index is -3.75. The van der Waals surface area contributed by atoms with Gasteiger partial charge in [0.15, 0.2) is 9.84 Å². The first-order chi connectivity index (χ1) is 7.28. The van der Waals surface area contributed by atoms with Crippen molar-refractivity contribution in [3.05, 3.63) is 34.1 Å². The molecule has 4 nitrogen and oxygen atoms in total. The van der Waals surface area contributed by atoms with Crippen LogP contribution in [-0.2, 0) is 20.4 Å². The van der Waals surface area contributed by atoms with E-state index in [1.54, 1.807) is 0 Å². The van der Waals surface area contributed by atoms with Crippen LogP contribution >= 0.6 is 15.9 Å². The maximum Gasteiger partial charge on any atom is 0.318 e. The van der Waals surface area contributed by atoms with Gasteiger partial charge in [0.2, 0.25) is 0 Å². The first-order valence-electron chi connectivity index (χ1n) is 4.16. The Balaban J connectivity index is 2.92. The Morgan fingerprint density at radius 2 is 2.00 bits per heavy atom. The zero-order valence-electron chi connectivity index (χ0n) is 7.98. The maximum atomic E-state index is 12.9. The molecule has 88 valence electrons. The summed E-state index contributed by atoms with van der Waals surface area (Å²) in [7, 11) is -3.75. The number of hydrogen-bond donors (Lipinski definition) is 1. The van der Waals surface area contributed by atoms with Crippen molar-refractivity contribution in [2.45, 2.75) is 5.75 Å². The molecule has 0 fully saturated rings. The van der Waals surface area contributed by atoms with Gasteiger partial charge in [0, 0.05) is 4.47 Å². The maximum absolute atomic E-state index is 12.9. The molecular weight excluding hydrogens is 303 g/mol. The number of aliphatic carboxylic acids is 1. The highest BCUT2D eigenvalue weighted by molar-refractivity contribution is 9.10. The Bertz CT molecular complexity index is 492. The molecule has 0 saturated heterocycles. The Morgan fingerprint density at radius 1 is 1.38 bits per heavy atom. The molecule has 0 aliphatic rings. The summed E-state index contributed by atoms with van der Waals surface area (Å²) >= 11 is 3.02. The summed E-state index contributed by atoms with van der Waals surface area (Å²) in [5.74, 6) is -3.44. The lowest BCUT2D eigenvalue weighted by atomic mass is 10.2. The molecule has 1 aromatic carbocycles. The molecule has 0 saturated carbocycles. The van der Waals surface area contributed by atoms with Gasteiger partial charge in [0.1, 0.15) is 11.6 Å². The molecule has 16 heavy (non-hydrogen) atoms. The number of sulfone groups is 1. The van der Waals surface area contributed by atoms with Crippen LogP contribution in [0.3, 0.4) is 0 Å². The molecule has 1 rings (SSSR count). The van der Waals surface area contributed by atoms with Crippen LogP contribution in [-0.4, -0.2) is 25.2 Å². The first-order valence-corrected chi connectivity index (χ1v) is 6.77. The Labute approximate surface area is 100 Å². The number of carboxylic acid groups (broad SMARTS) is 1. The number of halogens is 2. The minimum absolute atomic E-state index is 0.216. The van der Waals surface area contributed by atoms with Crippen molar-refractivity contribution < 1.29 is 22.7 Å². The lowest BCUT2D eigenvalue weighted by Crippen LogP contribution is -2.17. The largest absolute Gasteiger partial charge is 0.480 e. The predicted octanol–water partition coefficient (Wildman–Crippen LogP) is 1.59. The number of rotatable bonds is 4. The first kappa shape index (κ1) is 13.1. The molecule has 1 aromatic rings. The average molecular weight is 311 g/mol. The molecule has 0 bridgehead atoms. The van der Waals surface area contributed by atoms with Gasteiger partial charge < -0.3 is 5.11 Å². The quantitative estimate of drug-likeness (QED) is 0.916. The van der Waals surface area contributed by atoms with Gasteiger partial charge in [0.25, 0.3) is 0 Å². The number of carboxylic acids is 1. The van der Waals surface area contributed by atoms with E-state index in [0.717, 1.165) is 6.07 Å². The third-order valence-corrected chi connectivity index (χ3v) is 3.57. The molecule has 0 aromatic heterocycles. The summed E-state index contributed by atoms with van der Waals surface area (Å²) in [6, 6.07) is 3.68. The van der Waals surface area contributed by atoms with Crippen LogP contribution in [0.15, 0.2) is 22.7 Å². The van der Waals surface area contributed by atoms with Gasteiger partial charge in [-0.2, -0.15) is 0 Å². The van der Waals surface area contributed by atoms with E-state index in [-0.39, 0.29) is 5.56 Å². The summed E-state index contributed by atoms with van der Waals surface area (Å²) in [6.07, 6.45) is 0. The van der Waals surface area contributed by atoms with E-state index in [1.807, 2.05) is 0 Å². The smallest absolute Gasteiger partial charge is 0.318 e. The van der Waals surface area contributed by atoms with Crippen LogP contribution in [0.5, 0.6) is 0 Å². The summed E-state index contributed by atoms with van der Waals surface area (Å²) in [5.41, 5.74) is 0.216. The zero-order chi connectivity index (χ0) is 12.3. The average Bonchev–Trinajstić information content (AvgIpc) is 1.95. The molecule has 0 amide bonds. The van der Waals surface area contributed by atoms with Gasteiger partial charge in [-0.3, -0.25) is 4.79 Å². The Hall–Kier alpha value is -0.950. The van der Waals surface area contributed by atoms with Crippen LogP contribution < -0.4 is 0 Å². The molecule has 7 heteroatoms. The lowest BCUT2D eigenvalue weighted by Gasteiger charge is -2.03. The van der Waals surface area contributed by atoms with Crippen molar-refractivity contribution in [2.24, 2.45) is 0 Å². The monoisotopic (exact) mass is 310 g/mol. The second-order valence-corrected chi connectivity index (χ2v) is 6.18. The molecule has 0 spiro atoms. The van der Waals surface area contributed by atoms with Crippen molar-refractivity contribution in [1.82, 2.24) is 0 Å². The molecule has 0 aliphatic heterocycles. The molecule has 0 heterocycles. The Morgan fingerprint density at radius 3 is 2.50 bits per heavy atom. The number of carbonyl (C=O) groups is 1. The van der Waals surface area contributed by atoms with Crippen molar-refractivity contribution in [3.63, 3.8) is 0 Å². The Kier molecular flexibility index (Phi) is 4.03. The highest BCUT2D eigenvalue weighted by Crippen LogP contribution is 2.17. The summed E-state index contributed by atoms with van der Waals surface area (Å²) < 4.78 is 36.0. The summed E-state index contributed by atoms with van der Waals surface area (Å²) in [4.78, 5) is 10.3. The van der Waals surface area contributed by atoms with Crippen molar-refractivity contribution in [3.8, 4) is 0 Å². The zero-order valence-corrected chi connectivity index (χ0v) is 10.4. The van der Waals surface area contributed by atoms with E-state index in [2.05, 4.69) is 15.9 Å². The summed E-state index contributed by atoms with van der Waals surface area (Å²) in [6.45, 7) is 0. The lowest BCUT2D eigenvalue weighted by molar-refractivity contribution is -0.134. The third kappa shape index (κ3) is 4.28. The number of benzene rings is 1. The molecule has 1 N–H and O–H groups in total. The van der Waals surface area contributed by atoms with Crippen LogP contribution in [0.25, 0.3) is 0 Å².